The van der Waals surface area contributed by atoms with Gasteiger partial charge in [-0.15, -0.1) is 0 Å². The molecule has 5 nitrogen and oxygen atoms in total. The first kappa shape index (κ1) is 8.15. The summed E-state index contributed by atoms with van der Waals surface area (Å²) >= 11 is 0. The quantitative estimate of drug-likeness (QED) is 0.618. The molecule has 2 N–H and O–H groups in total. The van der Waals surface area contributed by atoms with Crippen molar-refractivity contribution >= 4 is 6.29 Å². The molecular weight excluding hydrogens is 172 g/mol. The molecule has 0 radical (unpaired) electrons. The highest BCUT2D eigenvalue weighted by Gasteiger charge is 2.19. The zero-order valence-corrected chi connectivity index (χ0v) is 6.77. The molecule has 0 aromatic carbocycles. The van der Waals surface area contributed by atoms with Crippen LogP contribution in [0.1, 0.15) is 15.9 Å². The Kier molecular flexibility index (Phi) is 1.96. The van der Waals surface area contributed by atoms with Crippen LogP contribution in [0.25, 0.3) is 0 Å². The first-order valence-electron chi connectivity index (χ1n) is 3.77. The van der Waals surface area contributed by atoms with Crippen molar-refractivity contribution < 1.29 is 14.3 Å². The van der Waals surface area contributed by atoms with Gasteiger partial charge in [0.25, 0.3) is 6.41 Å². The molecule has 0 saturated carbocycles. The van der Waals surface area contributed by atoms with Crippen molar-refractivity contribution in [3.05, 3.63) is 23.5 Å². The lowest BCUT2D eigenvalue weighted by atomic mass is 10.1. The lowest BCUT2D eigenvalue weighted by Crippen LogP contribution is -2.34. The Balaban J connectivity index is 2.45. The van der Waals surface area contributed by atoms with E-state index in [9.17, 15) is 4.79 Å². The fourth-order valence-corrected chi connectivity index (χ4v) is 1.17. The number of aldehydes is 1. The van der Waals surface area contributed by atoms with Gasteiger partial charge in [0.2, 0.25) is 0 Å². The standard InChI is InChI=1S/C8H8N2O3/c9-8-12-4-6-5(3-11)1-10-2-7(6)13-8/h1-3,8H,4,9H2. The number of fused-ring (bicyclic) bond motifs is 1. The van der Waals surface area contributed by atoms with Crippen LogP contribution in [0.3, 0.4) is 0 Å². The molecule has 0 fully saturated rings. The summed E-state index contributed by atoms with van der Waals surface area (Å²) < 4.78 is 10.1. The molecule has 1 aromatic heterocycles. The van der Waals surface area contributed by atoms with Crippen molar-refractivity contribution in [1.29, 1.82) is 0 Å². The minimum Gasteiger partial charge on any atom is -0.449 e. The fourth-order valence-electron chi connectivity index (χ4n) is 1.17. The third kappa shape index (κ3) is 1.39. The second-order valence-electron chi connectivity index (χ2n) is 2.62. The normalized spacial score (nSPS) is 20.2. The molecule has 68 valence electrons. The Bertz CT molecular complexity index is 340. The summed E-state index contributed by atoms with van der Waals surface area (Å²) in [6, 6.07) is 0. The van der Waals surface area contributed by atoms with E-state index >= 15 is 0 Å². The molecule has 0 amide bonds. The van der Waals surface area contributed by atoms with Gasteiger partial charge in [-0.2, -0.15) is 0 Å². The topological polar surface area (TPSA) is 74.4 Å². The van der Waals surface area contributed by atoms with E-state index in [2.05, 4.69) is 4.98 Å². The number of carbonyl (C=O) groups excluding carboxylic acids is 1. The highest BCUT2D eigenvalue weighted by molar-refractivity contribution is 5.77. The number of carbonyl (C=O) groups is 1. The van der Waals surface area contributed by atoms with Crippen LogP contribution >= 0.6 is 0 Å². The van der Waals surface area contributed by atoms with Crippen LogP contribution < -0.4 is 10.5 Å². The van der Waals surface area contributed by atoms with E-state index in [0.717, 1.165) is 6.29 Å². The third-order valence-electron chi connectivity index (χ3n) is 1.81. The van der Waals surface area contributed by atoms with Crippen LogP contribution in [-0.4, -0.2) is 17.7 Å². The summed E-state index contributed by atoms with van der Waals surface area (Å²) in [6.45, 7) is 0.285. The molecule has 1 aromatic rings. The van der Waals surface area contributed by atoms with Crippen LogP contribution in [0, 0.1) is 0 Å². The van der Waals surface area contributed by atoms with Gasteiger partial charge in [-0.05, 0) is 0 Å². The Labute approximate surface area is 74.5 Å². The molecule has 0 aliphatic carbocycles. The molecular formula is C8H8N2O3. The summed E-state index contributed by atoms with van der Waals surface area (Å²) in [5.41, 5.74) is 6.56. The largest absolute Gasteiger partial charge is 0.449 e. The minimum absolute atomic E-state index is 0.285. The van der Waals surface area contributed by atoms with E-state index in [1.54, 1.807) is 0 Å². The van der Waals surface area contributed by atoms with Crippen LogP contribution in [-0.2, 0) is 11.3 Å². The van der Waals surface area contributed by atoms with Crippen molar-refractivity contribution in [2.45, 2.75) is 13.0 Å². The number of pyridine rings is 1. The number of ether oxygens (including phenoxy) is 2. The van der Waals surface area contributed by atoms with E-state index in [-0.39, 0.29) is 6.61 Å². The van der Waals surface area contributed by atoms with Crippen molar-refractivity contribution in [1.82, 2.24) is 4.98 Å². The molecule has 0 bridgehead atoms. The molecule has 1 aliphatic heterocycles. The lowest BCUT2D eigenvalue weighted by Gasteiger charge is -2.23. The summed E-state index contributed by atoms with van der Waals surface area (Å²) in [5.74, 6) is 0.517. The highest BCUT2D eigenvalue weighted by Crippen LogP contribution is 2.25. The van der Waals surface area contributed by atoms with Crippen molar-refractivity contribution in [2.75, 3.05) is 0 Å². The van der Waals surface area contributed by atoms with Gasteiger partial charge < -0.3 is 9.47 Å². The first-order valence-corrected chi connectivity index (χ1v) is 3.77. The van der Waals surface area contributed by atoms with Gasteiger partial charge in [0.1, 0.15) is 5.75 Å². The first-order chi connectivity index (χ1) is 6.31. The summed E-state index contributed by atoms with van der Waals surface area (Å²) in [4.78, 5) is 14.4. The van der Waals surface area contributed by atoms with Gasteiger partial charge >= 0.3 is 0 Å². The van der Waals surface area contributed by atoms with E-state index in [4.69, 9.17) is 15.2 Å². The smallest absolute Gasteiger partial charge is 0.257 e. The van der Waals surface area contributed by atoms with Crippen molar-refractivity contribution in [3.8, 4) is 5.75 Å². The predicted molar refractivity (Wildman–Crippen MR) is 43.0 cm³/mol. The van der Waals surface area contributed by atoms with Crippen LogP contribution in [0.4, 0.5) is 0 Å². The maximum atomic E-state index is 10.6. The Hall–Kier alpha value is -1.46. The second kappa shape index (κ2) is 3.12. The van der Waals surface area contributed by atoms with Crippen LogP contribution in [0.15, 0.2) is 12.4 Å². The van der Waals surface area contributed by atoms with Gasteiger partial charge in [0.15, 0.2) is 6.29 Å². The predicted octanol–water partition coefficient (Wildman–Crippen LogP) is 0.0454. The number of rotatable bonds is 1. The summed E-state index contributed by atoms with van der Waals surface area (Å²) in [6.07, 6.45) is 2.94. The average Bonchev–Trinajstić information content (AvgIpc) is 2.16. The third-order valence-corrected chi connectivity index (χ3v) is 1.81. The molecule has 1 atom stereocenters. The van der Waals surface area contributed by atoms with Gasteiger partial charge in [-0.25, -0.2) is 0 Å². The molecule has 0 saturated heterocycles. The molecule has 2 heterocycles. The van der Waals surface area contributed by atoms with E-state index in [1.807, 2.05) is 0 Å². The van der Waals surface area contributed by atoms with E-state index in [1.165, 1.54) is 12.4 Å². The van der Waals surface area contributed by atoms with Crippen LogP contribution in [0.5, 0.6) is 5.75 Å². The van der Waals surface area contributed by atoms with Gasteiger partial charge in [-0.3, -0.25) is 15.5 Å². The summed E-state index contributed by atoms with van der Waals surface area (Å²) in [7, 11) is 0. The molecule has 2 rings (SSSR count). The zero-order valence-electron chi connectivity index (χ0n) is 6.77. The number of hydrogen-bond donors (Lipinski definition) is 1. The molecule has 13 heavy (non-hydrogen) atoms. The maximum Gasteiger partial charge on any atom is 0.257 e. The lowest BCUT2D eigenvalue weighted by molar-refractivity contribution is -0.103. The minimum atomic E-state index is -0.767. The molecule has 1 unspecified atom stereocenters. The van der Waals surface area contributed by atoms with Crippen molar-refractivity contribution in [2.24, 2.45) is 5.73 Å². The summed E-state index contributed by atoms with van der Waals surface area (Å²) in [5, 5.41) is 0. The Morgan fingerprint density at radius 3 is 3.23 bits per heavy atom. The Morgan fingerprint density at radius 1 is 1.62 bits per heavy atom. The number of nitrogens with zero attached hydrogens (tertiary/aromatic N) is 1. The molecule has 5 heteroatoms. The van der Waals surface area contributed by atoms with E-state index in [0.29, 0.717) is 16.9 Å². The number of hydrogen-bond acceptors (Lipinski definition) is 5. The van der Waals surface area contributed by atoms with Gasteiger partial charge in [-0.1, -0.05) is 0 Å². The maximum absolute atomic E-state index is 10.6. The highest BCUT2D eigenvalue weighted by atomic mass is 16.7. The van der Waals surface area contributed by atoms with Crippen molar-refractivity contribution in [3.63, 3.8) is 0 Å². The van der Waals surface area contributed by atoms with Gasteiger partial charge in [0.05, 0.1) is 12.8 Å². The SMILES string of the molecule is NC1OCc2c(C=O)cncc2O1. The monoisotopic (exact) mass is 180 g/mol. The van der Waals surface area contributed by atoms with Gasteiger partial charge in [0, 0.05) is 17.3 Å². The molecule has 1 aliphatic rings. The number of nitrogens with two attached hydrogens (primary N) is 1. The average molecular weight is 180 g/mol. The van der Waals surface area contributed by atoms with Crippen LogP contribution in [0.2, 0.25) is 0 Å². The number of aromatic nitrogens is 1. The Morgan fingerprint density at radius 2 is 2.46 bits per heavy atom. The second-order valence-corrected chi connectivity index (χ2v) is 2.62. The fraction of sp³-hybridized carbons (Fsp3) is 0.250. The zero-order chi connectivity index (χ0) is 9.26. The molecule has 0 spiro atoms. The van der Waals surface area contributed by atoms with E-state index < -0.39 is 6.41 Å².